The van der Waals surface area contributed by atoms with Crippen molar-refractivity contribution in [3.8, 4) is 21.2 Å². The van der Waals surface area contributed by atoms with E-state index in [0.29, 0.717) is 61.4 Å². The summed E-state index contributed by atoms with van der Waals surface area (Å²) in [6.45, 7) is 17.3. The molecule has 0 unspecified atom stereocenters. The normalized spacial score (nSPS) is 16.6. The highest BCUT2D eigenvalue weighted by Gasteiger charge is 2.44. The number of ether oxygens (including phenoxy) is 3. The lowest BCUT2D eigenvalue weighted by molar-refractivity contribution is -0.144. The number of carbonyl (C=O) groups is 4. The number of aliphatic hydroxyl groups is 1. The van der Waals surface area contributed by atoms with Crippen LogP contribution in [0.3, 0.4) is 0 Å². The van der Waals surface area contributed by atoms with E-state index in [0.717, 1.165) is 54.9 Å². The number of likely N-dealkylation sites (tertiary alicyclic amines) is 1. The van der Waals surface area contributed by atoms with Crippen LogP contribution in [-0.4, -0.2) is 117 Å². The number of hydrogen-bond acceptors (Lipinski definition) is 14. The van der Waals surface area contributed by atoms with Crippen LogP contribution in [0.25, 0.3) is 15.4 Å². The van der Waals surface area contributed by atoms with Crippen LogP contribution >= 0.6 is 34.3 Å². The predicted octanol–water partition coefficient (Wildman–Crippen LogP) is 9.96. The fourth-order valence-corrected chi connectivity index (χ4v) is 11.6. The fourth-order valence-electron chi connectivity index (χ4n) is 9.51. The number of anilines is 1. The fraction of sp³-hybridized carbons (Fsp3) is 0.448. The van der Waals surface area contributed by atoms with Crippen LogP contribution in [0.4, 0.5) is 5.69 Å². The Balaban J connectivity index is 0.733. The van der Waals surface area contributed by atoms with E-state index >= 15 is 0 Å². The summed E-state index contributed by atoms with van der Waals surface area (Å²) in [6.07, 6.45) is 1.28. The van der Waals surface area contributed by atoms with E-state index in [1.807, 2.05) is 93.9 Å². The zero-order chi connectivity index (χ0) is 55.0. The number of nitrogens with zero attached hydrogens (tertiary/aromatic N) is 6. The average molecular weight is 1110 g/mol. The summed E-state index contributed by atoms with van der Waals surface area (Å²) in [7, 11) is 0. The molecule has 8 rings (SSSR count). The van der Waals surface area contributed by atoms with Crippen LogP contribution in [0.15, 0.2) is 83.3 Å². The quantitative estimate of drug-likeness (QED) is 0.0516. The lowest BCUT2D eigenvalue weighted by Crippen LogP contribution is -2.57. The molecule has 16 nitrogen and oxygen atoms in total. The molecule has 1 fully saturated rings. The molecule has 3 amide bonds. The summed E-state index contributed by atoms with van der Waals surface area (Å²) >= 11 is 9.55. The molecular weight excluding hydrogens is 1040 g/mol. The number of β-amino-alcohol motifs (C(OH)–C–C–N with tert-alkyl or cyclic N) is 1. The number of halogens is 1. The topological polar surface area (TPSA) is 199 Å². The number of aliphatic imine (C=N–C) groups is 1. The van der Waals surface area contributed by atoms with Crippen molar-refractivity contribution in [1.29, 1.82) is 0 Å². The maximum atomic E-state index is 14.0. The summed E-state index contributed by atoms with van der Waals surface area (Å²) in [5.41, 5.74) is 8.64. The molecule has 6 aromatic rings. The summed E-state index contributed by atoms with van der Waals surface area (Å²) in [4.78, 5) is 67.7. The largest absolute Gasteiger partial charge is 0.494 e. The Bertz CT molecular complexity index is 3050. The Morgan fingerprint density at radius 2 is 1.56 bits per heavy atom. The molecule has 2 aliphatic rings. The Kier molecular flexibility index (Phi) is 18.9. The number of aliphatic hydroxyl groups excluding tert-OH is 1. The minimum Gasteiger partial charge on any atom is -0.494 e. The molecule has 0 radical (unpaired) electrons. The van der Waals surface area contributed by atoms with Gasteiger partial charge in [0.05, 0.1) is 47.0 Å². The van der Waals surface area contributed by atoms with Gasteiger partial charge in [0.15, 0.2) is 11.6 Å². The maximum absolute atomic E-state index is 14.0. The molecule has 3 aromatic carbocycles. The highest BCUT2D eigenvalue weighted by molar-refractivity contribution is 7.15. The number of ketones is 1. The van der Waals surface area contributed by atoms with Crippen LogP contribution < -0.4 is 15.4 Å². The molecule has 408 valence electrons. The first-order chi connectivity index (χ1) is 36.9. The van der Waals surface area contributed by atoms with E-state index in [4.69, 9.17) is 30.8 Å². The van der Waals surface area contributed by atoms with Crippen molar-refractivity contribution in [3.63, 3.8) is 0 Å². The Hall–Kier alpha value is -6.15. The molecule has 77 heavy (non-hydrogen) atoms. The Morgan fingerprint density at radius 3 is 2.23 bits per heavy atom. The number of aryl methyl sites for hydroxylation is 3. The van der Waals surface area contributed by atoms with Gasteiger partial charge in [-0.05, 0) is 92.1 Å². The van der Waals surface area contributed by atoms with Gasteiger partial charge in [-0.1, -0.05) is 82.6 Å². The van der Waals surface area contributed by atoms with E-state index in [-0.39, 0.29) is 56.6 Å². The molecule has 5 heterocycles. The molecule has 0 bridgehead atoms. The van der Waals surface area contributed by atoms with Crippen LogP contribution in [-0.2, 0) is 35.1 Å². The molecule has 0 saturated carbocycles. The second-order valence-corrected chi connectivity index (χ2v) is 23.6. The van der Waals surface area contributed by atoms with Crippen molar-refractivity contribution < 1.29 is 38.5 Å². The second-order valence-electron chi connectivity index (χ2n) is 21.1. The van der Waals surface area contributed by atoms with E-state index in [9.17, 15) is 24.3 Å². The molecule has 19 heteroatoms. The van der Waals surface area contributed by atoms with E-state index in [2.05, 4.69) is 58.1 Å². The van der Waals surface area contributed by atoms with Gasteiger partial charge in [0.2, 0.25) is 17.7 Å². The van der Waals surface area contributed by atoms with Crippen molar-refractivity contribution in [1.82, 2.24) is 30.0 Å². The van der Waals surface area contributed by atoms with Crippen molar-refractivity contribution in [3.05, 3.63) is 128 Å². The van der Waals surface area contributed by atoms with Gasteiger partial charge in [-0.25, -0.2) is 4.98 Å². The third-order valence-electron chi connectivity index (χ3n) is 13.7. The Labute approximate surface area is 463 Å². The number of thiazole rings is 1. The summed E-state index contributed by atoms with van der Waals surface area (Å²) in [6, 6.07) is 20.6. The standard InChI is InChI=1S/C58H69ClN8O8S2/c1-34(2)54-64-65-55-45(62-51(39-16-18-41(59)19-17-39)50-35(3)37(5)77-57(50)67(54)55)30-48(70)61-42-20-22-44(23-21-42)75-28-10-26-73-25-9-27-74-32-49(71)63-53(58(6,7)8)56(72)66-31-43(68)29-46(66)47(69)24-13-38-11-14-40(15-12-38)52-36(4)60-33-76-52/h11-12,14-23,33-34,43,45-46,53,68H,9-10,13,24-32H2,1-8H3,(H,61,70)(H,63,71)/t43-,45+,46+,53-/m1/s1. The minimum atomic E-state index is -0.937. The third kappa shape index (κ3) is 14.1. The second kappa shape index (κ2) is 25.5. The number of rotatable bonds is 23. The third-order valence-corrected chi connectivity index (χ3v) is 16.2. The molecule has 4 atom stereocenters. The van der Waals surface area contributed by atoms with Gasteiger partial charge in [-0.2, -0.15) is 0 Å². The number of hydrogen-bond donors (Lipinski definition) is 3. The monoisotopic (exact) mass is 1100 g/mol. The summed E-state index contributed by atoms with van der Waals surface area (Å²) in [5.74, 6) is 0.984. The SMILES string of the molecule is Cc1ncsc1-c1ccc(CCC(=O)[C@@H]2C[C@@H](O)CN2C(=O)[C@@H](NC(=O)COCCCOCCCOc2ccc(NC(=O)C[C@@H]3N=C(c4ccc(Cl)cc4)c4c(sc(C)c4C)-n4c(C(C)C)nnc43)cc2)C(C)(C)C)cc1. The van der Waals surface area contributed by atoms with Crippen LogP contribution in [0, 0.1) is 26.2 Å². The van der Waals surface area contributed by atoms with Gasteiger partial charge in [0, 0.05) is 78.3 Å². The van der Waals surface area contributed by atoms with Crippen molar-refractivity contribution in [2.75, 3.05) is 44.9 Å². The number of nitrogens with one attached hydrogen (secondary N) is 2. The number of fused-ring (bicyclic) bond motifs is 3. The van der Waals surface area contributed by atoms with Crippen LogP contribution in [0.5, 0.6) is 5.75 Å². The minimum absolute atomic E-state index is 0.0220. The van der Waals surface area contributed by atoms with Gasteiger partial charge < -0.3 is 34.9 Å². The number of aromatic nitrogens is 4. The summed E-state index contributed by atoms with van der Waals surface area (Å²) < 4.78 is 19.5. The lowest BCUT2D eigenvalue weighted by Gasteiger charge is -2.35. The first kappa shape index (κ1) is 57.0. The van der Waals surface area contributed by atoms with Crippen molar-refractivity contribution >= 4 is 69.2 Å². The number of thiophene rings is 1. The zero-order valence-corrected chi connectivity index (χ0v) is 47.4. The van der Waals surface area contributed by atoms with E-state index in [1.165, 1.54) is 9.78 Å². The number of benzene rings is 3. The first-order valence-corrected chi connectivity index (χ1v) is 28.3. The molecule has 3 N–H and O–H groups in total. The number of carbonyl (C=O) groups excluding carboxylic acids is 4. The van der Waals surface area contributed by atoms with Crippen LogP contribution in [0.2, 0.25) is 5.02 Å². The molecule has 0 aliphatic carbocycles. The molecule has 1 saturated heterocycles. The Morgan fingerprint density at radius 1 is 0.870 bits per heavy atom. The smallest absolute Gasteiger partial charge is 0.246 e. The van der Waals surface area contributed by atoms with Crippen molar-refractivity contribution in [2.24, 2.45) is 10.4 Å². The highest BCUT2D eigenvalue weighted by atomic mass is 35.5. The average Bonchev–Trinajstić information content (AvgIpc) is 4.35. The molecule has 2 aliphatic heterocycles. The first-order valence-electron chi connectivity index (χ1n) is 26.2. The molecule has 3 aromatic heterocycles. The molecule has 0 spiro atoms. The van der Waals surface area contributed by atoms with Gasteiger partial charge in [-0.3, -0.25) is 28.7 Å². The van der Waals surface area contributed by atoms with Gasteiger partial charge in [-0.15, -0.1) is 32.9 Å². The number of amides is 3. The van der Waals surface area contributed by atoms with Gasteiger partial charge >= 0.3 is 0 Å². The van der Waals surface area contributed by atoms with Crippen LogP contribution in [0.1, 0.15) is 123 Å². The number of Topliss-reactive ketones (excluding diaryl/α,β-unsaturated/α-hetero) is 1. The molecular formula is C58H69ClN8O8S2. The van der Waals surface area contributed by atoms with Gasteiger partial charge in [0.25, 0.3) is 0 Å². The summed E-state index contributed by atoms with van der Waals surface area (Å²) in [5, 5.41) is 27.3. The van der Waals surface area contributed by atoms with Crippen molar-refractivity contribution in [2.45, 2.75) is 124 Å². The zero-order valence-electron chi connectivity index (χ0n) is 45.1. The predicted molar refractivity (Wildman–Crippen MR) is 302 cm³/mol. The highest BCUT2D eigenvalue weighted by Crippen LogP contribution is 2.41. The van der Waals surface area contributed by atoms with Gasteiger partial charge in [0.1, 0.15) is 35.3 Å². The van der Waals surface area contributed by atoms with E-state index < -0.39 is 41.5 Å². The maximum Gasteiger partial charge on any atom is 0.246 e. The van der Waals surface area contributed by atoms with E-state index in [1.54, 1.807) is 34.8 Å². The lowest BCUT2D eigenvalue weighted by atomic mass is 9.85.